The number of aldehydes is 1. The number of allylic oxidation sites excluding steroid dienone is 16. The first-order valence-electron chi connectivity index (χ1n) is 11.5. The quantitative estimate of drug-likeness (QED) is 0.223. The van der Waals surface area contributed by atoms with E-state index in [-0.39, 0.29) is 11.2 Å². The number of aliphatic hydroxyl groups excluding tert-OH is 1. The van der Waals surface area contributed by atoms with Gasteiger partial charge in [0, 0.05) is 5.41 Å². The van der Waals surface area contributed by atoms with Crippen LogP contribution in [0.3, 0.4) is 0 Å². The van der Waals surface area contributed by atoms with Gasteiger partial charge in [0.15, 0.2) is 5.78 Å². The van der Waals surface area contributed by atoms with Crippen LogP contribution >= 0.6 is 0 Å². The van der Waals surface area contributed by atoms with Gasteiger partial charge in [-0.05, 0) is 57.6 Å². The van der Waals surface area contributed by atoms with Crippen molar-refractivity contribution in [1.82, 2.24) is 0 Å². The molecule has 0 spiro atoms. The molecule has 33 heavy (non-hydrogen) atoms. The second kappa shape index (κ2) is 13.1. The number of carbonyl (C=O) groups excluding carboxylic acids is 2. The average molecular weight is 449 g/mol. The average Bonchev–Trinajstić information content (AvgIpc) is 2.96. The first-order chi connectivity index (χ1) is 15.4. The van der Waals surface area contributed by atoms with Crippen molar-refractivity contribution in [3.8, 4) is 0 Å². The van der Waals surface area contributed by atoms with Crippen molar-refractivity contribution in [2.45, 2.75) is 67.4 Å². The molecule has 1 N–H and O–H groups in total. The molecule has 2 atom stereocenters. The van der Waals surface area contributed by atoms with E-state index in [0.29, 0.717) is 18.4 Å². The molecule has 1 aliphatic carbocycles. The molecule has 1 saturated carbocycles. The molecule has 0 aliphatic heterocycles. The Balaban J connectivity index is 2.66. The summed E-state index contributed by atoms with van der Waals surface area (Å²) in [7, 11) is 0. The molecule has 3 nitrogen and oxygen atoms in total. The van der Waals surface area contributed by atoms with E-state index in [1.54, 1.807) is 19.1 Å². The first-order valence-corrected chi connectivity index (χ1v) is 11.5. The summed E-state index contributed by atoms with van der Waals surface area (Å²) in [6.45, 7) is 13.9. The second-order valence-corrected chi connectivity index (χ2v) is 9.84. The largest absolute Gasteiger partial charge is 0.393 e. The zero-order valence-corrected chi connectivity index (χ0v) is 21.3. The zero-order chi connectivity index (χ0) is 25.1. The van der Waals surface area contributed by atoms with Gasteiger partial charge in [0.2, 0.25) is 0 Å². The summed E-state index contributed by atoms with van der Waals surface area (Å²) in [6, 6.07) is 0. The van der Waals surface area contributed by atoms with Crippen molar-refractivity contribution in [2.24, 2.45) is 10.8 Å². The summed E-state index contributed by atoms with van der Waals surface area (Å²) in [5.74, 6) is 0.0788. The standard InChI is InChI=1S/C30H40O3/c1-23(12-8-9-13-24(2)15-11-17-26(4)22-31)14-10-16-25(3)18-19-28(33)30(7)21-27(32)20-29(30,5)6/h8-19,22,27,32H,20-21H2,1-7H3/b9-8+,14-10+,15-11+,19-18+,23-12+,24-13+,25-16+,26-17+/t27-,30-/m0/s1. The third-order valence-corrected chi connectivity index (χ3v) is 6.38. The lowest BCUT2D eigenvalue weighted by molar-refractivity contribution is -0.127. The number of hydrogen-bond donors (Lipinski definition) is 1. The van der Waals surface area contributed by atoms with Crippen LogP contribution in [0.2, 0.25) is 0 Å². The van der Waals surface area contributed by atoms with Crippen LogP contribution < -0.4 is 0 Å². The molecule has 1 aliphatic rings. The molecule has 0 unspecified atom stereocenters. The highest BCUT2D eigenvalue weighted by Crippen LogP contribution is 2.53. The van der Waals surface area contributed by atoms with E-state index >= 15 is 0 Å². The molecule has 3 heteroatoms. The number of rotatable bonds is 10. The van der Waals surface area contributed by atoms with Crippen molar-refractivity contribution in [3.63, 3.8) is 0 Å². The van der Waals surface area contributed by atoms with E-state index in [2.05, 4.69) is 13.8 Å². The van der Waals surface area contributed by atoms with Gasteiger partial charge in [0.05, 0.1) is 6.10 Å². The summed E-state index contributed by atoms with van der Waals surface area (Å²) in [4.78, 5) is 23.4. The number of aliphatic hydroxyl groups is 1. The van der Waals surface area contributed by atoms with Crippen molar-refractivity contribution >= 4 is 12.1 Å². The Kier molecular flexibility index (Phi) is 11.2. The van der Waals surface area contributed by atoms with Crippen LogP contribution in [0, 0.1) is 10.8 Å². The van der Waals surface area contributed by atoms with Gasteiger partial charge in [-0.1, -0.05) is 104 Å². The van der Waals surface area contributed by atoms with Crippen molar-refractivity contribution < 1.29 is 14.7 Å². The Morgan fingerprint density at radius 3 is 1.61 bits per heavy atom. The molecular formula is C30H40O3. The number of carbonyl (C=O) groups is 2. The van der Waals surface area contributed by atoms with Crippen molar-refractivity contribution in [2.75, 3.05) is 0 Å². The van der Waals surface area contributed by atoms with E-state index in [1.807, 2.05) is 88.5 Å². The molecule has 0 bridgehead atoms. The fourth-order valence-corrected chi connectivity index (χ4v) is 3.78. The van der Waals surface area contributed by atoms with E-state index < -0.39 is 11.5 Å². The molecular weight excluding hydrogens is 408 g/mol. The second-order valence-electron chi connectivity index (χ2n) is 9.84. The highest BCUT2D eigenvalue weighted by Gasteiger charge is 2.52. The molecule has 0 amide bonds. The third-order valence-electron chi connectivity index (χ3n) is 6.38. The van der Waals surface area contributed by atoms with Crippen molar-refractivity contribution in [3.05, 3.63) is 95.2 Å². The van der Waals surface area contributed by atoms with Gasteiger partial charge in [-0.25, -0.2) is 0 Å². The Bertz CT molecular complexity index is 945. The lowest BCUT2D eigenvalue weighted by Crippen LogP contribution is -2.36. The third kappa shape index (κ3) is 9.31. The lowest BCUT2D eigenvalue weighted by Gasteiger charge is -2.35. The summed E-state index contributed by atoms with van der Waals surface area (Å²) in [5.41, 5.74) is 3.14. The molecule has 0 aromatic rings. The minimum absolute atomic E-state index is 0.0788. The SMILES string of the molecule is C\C(C=O)=C/C=C/C(C)=C/C=C/C=C(C)/C=C/C=C(C)/C=C/C(=O)[C@]1(C)C[C@@H](O)CC1(C)C. The normalized spacial score (nSPS) is 25.3. The summed E-state index contributed by atoms with van der Waals surface area (Å²) < 4.78 is 0. The van der Waals surface area contributed by atoms with E-state index in [9.17, 15) is 14.7 Å². The lowest BCUT2D eigenvalue weighted by atomic mass is 9.66. The van der Waals surface area contributed by atoms with Crippen LogP contribution in [0.25, 0.3) is 0 Å². The van der Waals surface area contributed by atoms with E-state index in [4.69, 9.17) is 0 Å². The van der Waals surface area contributed by atoms with Crippen molar-refractivity contribution in [1.29, 1.82) is 0 Å². The zero-order valence-electron chi connectivity index (χ0n) is 21.3. The topological polar surface area (TPSA) is 54.4 Å². The highest BCUT2D eigenvalue weighted by atomic mass is 16.3. The van der Waals surface area contributed by atoms with Crippen LogP contribution in [-0.4, -0.2) is 23.3 Å². The van der Waals surface area contributed by atoms with Gasteiger partial charge >= 0.3 is 0 Å². The molecule has 0 radical (unpaired) electrons. The molecule has 0 aromatic carbocycles. The number of hydrogen-bond acceptors (Lipinski definition) is 3. The maximum absolute atomic E-state index is 12.8. The molecule has 1 rings (SSSR count). The minimum Gasteiger partial charge on any atom is -0.393 e. The molecule has 178 valence electrons. The monoisotopic (exact) mass is 448 g/mol. The highest BCUT2D eigenvalue weighted by molar-refractivity contribution is 5.95. The summed E-state index contributed by atoms with van der Waals surface area (Å²) in [6.07, 6.45) is 24.7. The smallest absolute Gasteiger partial charge is 0.162 e. The Morgan fingerprint density at radius 1 is 0.697 bits per heavy atom. The molecule has 0 saturated heterocycles. The first kappa shape index (κ1) is 28.3. The van der Waals surface area contributed by atoms with Crippen LogP contribution in [0.4, 0.5) is 0 Å². The van der Waals surface area contributed by atoms with Gasteiger partial charge in [0.1, 0.15) is 6.29 Å². The molecule has 0 aromatic heterocycles. The van der Waals surface area contributed by atoms with Gasteiger partial charge in [-0.2, -0.15) is 0 Å². The van der Waals surface area contributed by atoms with Gasteiger partial charge < -0.3 is 5.11 Å². The summed E-state index contributed by atoms with van der Waals surface area (Å²) >= 11 is 0. The van der Waals surface area contributed by atoms with Gasteiger partial charge in [0.25, 0.3) is 0 Å². The molecule has 0 heterocycles. The van der Waals surface area contributed by atoms with E-state index in [1.165, 1.54) is 0 Å². The molecule has 1 fully saturated rings. The maximum Gasteiger partial charge on any atom is 0.162 e. The van der Waals surface area contributed by atoms with E-state index in [0.717, 1.165) is 23.0 Å². The van der Waals surface area contributed by atoms with Crippen LogP contribution in [-0.2, 0) is 9.59 Å². The predicted octanol–water partition coefficient (Wildman–Crippen LogP) is 6.95. The number of ketones is 1. The van der Waals surface area contributed by atoms with Crippen LogP contribution in [0.15, 0.2) is 95.2 Å². The maximum atomic E-state index is 12.8. The summed E-state index contributed by atoms with van der Waals surface area (Å²) in [5, 5.41) is 10.0. The fraction of sp³-hybridized carbons (Fsp3) is 0.400. The van der Waals surface area contributed by atoms with Gasteiger partial charge in [-0.3, -0.25) is 9.59 Å². The van der Waals surface area contributed by atoms with Gasteiger partial charge in [-0.15, -0.1) is 0 Å². The van der Waals surface area contributed by atoms with Crippen LogP contribution in [0.5, 0.6) is 0 Å². The Morgan fingerprint density at radius 2 is 1.15 bits per heavy atom. The Hall–Kier alpha value is -2.78. The Labute approximate surface area is 200 Å². The fourth-order valence-electron chi connectivity index (χ4n) is 3.78. The predicted molar refractivity (Wildman–Crippen MR) is 140 cm³/mol. The van der Waals surface area contributed by atoms with Crippen LogP contribution in [0.1, 0.15) is 61.3 Å². The minimum atomic E-state index is -0.529.